The molecule has 0 aliphatic rings. The highest BCUT2D eigenvalue weighted by molar-refractivity contribution is 14.1. The van der Waals surface area contributed by atoms with Crippen LogP contribution in [0.3, 0.4) is 0 Å². The standard InChI is InChI=1S/C9H7ClINS/c10-4-5-3-7(12)6-1-2-13-9(6)8(5)11/h1-3H,4,12H2. The van der Waals surface area contributed by atoms with Crippen LogP contribution in [0.5, 0.6) is 0 Å². The highest BCUT2D eigenvalue weighted by Gasteiger charge is 2.08. The minimum Gasteiger partial charge on any atom is -0.398 e. The number of nitrogen functional groups attached to an aromatic ring is 1. The van der Waals surface area contributed by atoms with Gasteiger partial charge in [0, 0.05) is 25.2 Å². The van der Waals surface area contributed by atoms with E-state index in [0.29, 0.717) is 5.88 Å². The molecule has 0 aliphatic carbocycles. The van der Waals surface area contributed by atoms with Gasteiger partial charge in [0.1, 0.15) is 0 Å². The lowest BCUT2D eigenvalue weighted by Gasteiger charge is -2.04. The van der Waals surface area contributed by atoms with Crippen molar-refractivity contribution in [1.82, 2.24) is 0 Å². The summed E-state index contributed by atoms with van der Waals surface area (Å²) in [5.74, 6) is 0.524. The third kappa shape index (κ3) is 1.53. The highest BCUT2D eigenvalue weighted by Crippen LogP contribution is 2.33. The molecule has 13 heavy (non-hydrogen) atoms. The molecule has 0 fully saturated rings. The number of halogens is 2. The fourth-order valence-corrected chi connectivity index (χ4v) is 3.62. The van der Waals surface area contributed by atoms with Crippen molar-refractivity contribution in [2.24, 2.45) is 0 Å². The van der Waals surface area contributed by atoms with Crippen molar-refractivity contribution in [2.75, 3.05) is 5.73 Å². The van der Waals surface area contributed by atoms with E-state index in [4.69, 9.17) is 17.3 Å². The van der Waals surface area contributed by atoms with Crippen LogP contribution in [-0.2, 0) is 5.88 Å². The number of alkyl halides is 1. The molecule has 0 aliphatic heterocycles. The van der Waals surface area contributed by atoms with E-state index in [1.165, 1.54) is 8.27 Å². The van der Waals surface area contributed by atoms with Gasteiger partial charge in [0.05, 0.1) is 0 Å². The molecule has 0 radical (unpaired) electrons. The zero-order valence-corrected chi connectivity index (χ0v) is 10.4. The molecule has 0 amide bonds. The molecule has 1 aromatic heterocycles. The van der Waals surface area contributed by atoms with E-state index in [2.05, 4.69) is 34.0 Å². The zero-order chi connectivity index (χ0) is 9.42. The van der Waals surface area contributed by atoms with E-state index in [1.54, 1.807) is 11.3 Å². The van der Waals surface area contributed by atoms with E-state index < -0.39 is 0 Å². The van der Waals surface area contributed by atoms with Crippen LogP contribution in [0.2, 0.25) is 0 Å². The van der Waals surface area contributed by atoms with Gasteiger partial charge in [-0.1, -0.05) is 0 Å². The van der Waals surface area contributed by atoms with Crippen LogP contribution in [0.4, 0.5) is 5.69 Å². The Bertz CT molecular complexity index is 452. The van der Waals surface area contributed by atoms with Crippen LogP contribution in [0.15, 0.2) is 17.5 Å². The molecule has 1 heterocycles. The summed E-state index contributed by atoms with van der Waals surface area (Å²) in [4.78, 5) is 0. The Morgan fingerprint density at radius 3 is 3.00 bits per heavy atom. The van der Waals surface area contributed by atoms with Crippen molar-refractivity contribution in [3.05, 3.63) is 26.6 Å². The van der Waals surface area contributed by atoms with Gasteiger partial charge in [-0.2, -0.15) is 0 Å². The van der Waals surface area contributed by atoms with Crippen LogP contribution < -0.4 is 5.73 Å². The number of hydrogen-bond acceptors (Lipinski definition) is 2. The second-order valence-electron chi connectivity index (χ2n) is 2.74. The van der Waals surface area contributed by atoms with Gasteiger partial charge in [-0.3, -0.25) is 0 Å². The van der Waals surface area contributed by atoms with Gasteiger partial charge in [-0.15, -0.1) is 22.9 Å². The lowest BCUT2D eigenvalue weighted by Crippen LogP contribution is -1.91. The van der Waals surface area contributed by atoms with E-state index in [-0.39, 0.29) is 0 Å². The van der Waals surface area contributed by atoms with Crippen molar-refractivity contribution in [3.63, 3.8) is 0 Å². The number of thiophene rings is 1. The Morgan fingerprint density at radius 1 is 1.54 bits per heavy atom. The first kappa shape index (κ1) is 9.55. The van der Waals surface area contributed by atoms with Gasteiger partial charge in [-0.05, 0) is 45.7 Å². The van der Waals surface area contributed by atoms with E-state index in [1.807, 2.05) is 6.07 Å². The number of rotatable bonds is 1. The predicted octanol–water partition coefficient (Wildman–Crippen LogP) is 3.83. The smallest absolute Gasteiger partial charge is 0.0500 e. The van der Waals surface area contributed by atoms with Crippen LogP contribution >= 0.6 is 45.5 Å². The molecule has 4 heteroatoms. The summed E-state index contributed by atoms with van der Waals surface area (Å²) in [5, 5.41) is 3.20. The number of fused-ring (bicyclic) bond motifs is 1. The molecular weight excluding hydrogens is 317 g/mol. The molecule has 0 saturated carbocycles. The zero-order valence-electron chi connectivity index (χ0n) is 6.68. The summed E-state index contributed by atoms with van der Waals surface area (Å²) in [6.07, 6.45) is 0. The Kier molecular flexibility index (Phi) is 2.67. The van der Waals surface area contributed by atoms with Crippen molar-refractivity contribution in [2.45, 2.75) is 5.88 Å². The molecule has 0 atom stereocenters. The molecule has 0 unspecified atom stereocenters. The fraction of sp³-hybridized carbons (Fsp3) is 0.111. The molecule has 2 aromatic rings. The maximum Gasteiger partial charge on any atom is 0.0500 e. The summed E-state index contributed by atoms with van der Waals surface area (Å²) in [6, 6.07) is 4.01. The van der Waals surface area contributed by atoms with Crippen LogP contribution in [-0.4, -0.2) is 0 Å². The first-order valence-electron chi connectivity index (χ1n) is 3.74. The van der Waals surface area contributed by atoms with Gasteiger partial charge in [0.15, 0.2) is 0 Å². The van der Waals surface area contributed by atoms with Crippen LogP contribution in [0.1, 0.15) is 5.56 Å². The Hall–Kier alpha value is -0.000000000000000111. The van der Waals surface area contributed by atoms with Gasteiger partial charge in [0.25, 0.3) is 0 Å². The molecule has 68 valence electrons. The molecule has 0 saturated heterocycles. The van der Waals surface area contributed by atoms with E-state index in [0.717, 1.165) is 16.6 Å². The number of anilines is 1. The maximum absolute atomic E-state index is 5.89. The molecular formula is C9H7ClINS. The molecule has 2 N–H and O–H groups in total. The Balaban J connectivity index is 2.85. The first-order chi connectivity index (χ1) is 6.24. The van der Waals surface area contributed by atoms with Crippen LogP contribution in [0, 0.1) is 3.57 Å². The second kappa shape index (κ2) is 3.63. The minimum atomic E-state index is 0.524. The summed E-state index contributed by atoms with van der Waals surface area (Å²) in [7, 11) is 0. The highest BCUT2D eigenvalue weighted by atomic mass is 127. The average Bonchev–Trinajstić information content (AvgIpc) is 2.60. The van der Waals surface area contributed by atoms with Crippen molar-refractivity contribution < 1.29 is 0 Å². The monoisotopic (exact) mass is 323 g/mol. The normalized spacial score (nSPS) is 10.9. The lowest BCUT2D eigenvalue weighted by molar-refractivity contribution is 1.40. The number of benzene rings is 1. The third-order valence-electron chi connectivity index (χ3n) is 1.93. The molecule has 2 rings (SSSR count). The quantitative estimate of drug-likeness (QED) is 0.482. The van der Waals surface area contributed by atoms with Crippen molar-refractivity contribution in [3.8, 4) is 0 Å². The maximum atomic E-state index is 5.89. The largest absolute Gasteiger partial charge is 0.398 e. The Labute approximate surface area is 99.0 Å². The topological polar surface area (TPSA) is 26.0 Å². The van der Waals surface area contributed by atoms with Gasteiger partial charge < -0.3 is 5.73 Å². The lowest BCUT2D eigenvalue weighted by atomic mass is 10.1. The summed E-state index contributed by atoms with van der Waals surface area (Å²) in [6.45, 7) is 0. The van der Waals surface area contributed by atoms with Gasteiger partial charge in [0.2, 0.25) is 0 Å². The minimum absolute atomic E-state index is 0.524. The summed E-state index contributed by atoms with van der Waals surface area (Å²) >= 11 is 9.85. The van der Waals surface area contributed by atoms with E-state index >= 15 is 0 Å². The molecule has 0 bridgehead atoms. The average molecular weight is 324 g/mol. The first-order valence-corrected chi connectivity index (χ1v) is 6.23. The van der Waals surface area contributed by atoms with Gasteiger partial charge >= 0.3 is 0 Å². The molecule has 1 aromatic carbocycles. The van der Waals surface area contributed by atoms with Crippen molar-refractivity contribution >= 4 is 61.3 Å². The van der Waals surface area contributed by atoms with Crippen LogP contribution in [0.25, 0.3) is 10.1 Å². The Morgan fingerprint density at radius 2 is 2.31 bits per heavy atom. The second-order valence-corrected chi connectivity index (χ2v) is 5.00. The number of hydrogen-bond donors (Lipinski definition) is 1. The molecule has 0 spiro atoms. The SMILES string of the molecule is Nc1cc(CCl)c(I)c2sccc12. The van der Waals surface area contributed by atoms with Crippen molar-refractivity contribution in [1.29, 1.82) is 0 Å². The fourth-order valence-electron chi connectivity index (χ4n) is 1.28. The van der Waals surface area contributed by atoms with E-state index in [9.17, 15) is 0 Å². The number of nitrogens with two attached hydrogens (primary N) is 1. The van der Waals surface area contributed by atoms with Gasteiger partial charge in [-0.25, -0.2) is 0 Å². The molecule has 1 nitrogen and oxygen atoms in total. The predicted molar refractivity (Wildman–Crippen MR) is 68.5 cm³/mol. The summed E-state index contributed by atoms with van der Waals surface area (Å²) < 4.78 is 2.48. The third-order valence-corrected chi connectivity index (χ3v) is 4.75. The summed E-state index contributed by atoms with van der Waals surface area (Å²) in [5.41, 5.74) is 7.84.